The Bertz CT molecular complexity index is 336. The Morgan fingerprint density at radius 1 is 1.25 bits per heavy atom. The average molecular weight is 232 g/mol. The van der Waals surface area contributed by atoms with Crippen molar-refractivity contribution in [2.24, 2.45) is 0 Å². The summed E-state index contributed by atoms with van der Waals surface area (Å²) in [7, 11) is 0. The lowest BCUT2D eigenvalue weighted by Crippen LogP contribution is -2.52. The van der Waals surface area contributed by atoms with Crippen LogP contribution in [0.1, 0.15) is 33.6 Å². The van der Waals surface area contributed by atoms with Crippen molar-refractivity contribution in [1.82, 2.24) is 0 Å². The van der Waals surface area contributed by atoms with E-state index in [2.05, 4.69) is 0 Å². The van der Waals surface area contributed by atoms with Gasteiger partial charge < -0.3 is 20.1 Å². The standard InChI is InChI=1S/C10H16O6/c1-8(4-6(11)12)5-9(2,15)10(3,16-8)7(13)14/h15H,4-5H2,1-3H3,(H,11,12)(H,13,14)/t8-,9-,10+/m0/s1. The van der Waals surface area contributed by atoms with Gasteiger partial charge in [-0.25, -0.2) is 4.79 Å². The van der Waals surface area contributed by atoms with Crippen LogP contribution in [0.5, 0.6) is 0 Å². The maximum Gasteiger partial charge on any atom is 0.338 e. The molecule has 16 heavy (non-hydrogen) atoms. The highest BCUT2D eigenvalue weighted by Crippen LogP contribution is 2.46. The smallest absolute Gasteiger partial charge is 0.338 e. The second kappa shape index (κ2) is 3.43. The summed E-state index contributed by atoms with van der Waals surface area (Å²) in [5.74, 6) is -2.39. The fourth-order valence-electron chi connectivity index (χ4n) is 2.23. The molecule has 0 aromatic carbocycles. The van der Waals surface area contributed by atoms with E-state index in [0.717, 1.165) is 0 Å². The molecule has 0 saturated carbocycles. The van der Waals surface area contributed by atoms with Gasteiger partial charge in [-0.3, -0.25) is 4.79 Å². The van der Waals surface area contributed by atoms with Gasteiger partial charge in [0, 0.05) is 6.42 Å². The third-order valence-electron chi connectivity index (χ3n) is 3.13. The van der Waals surface area contributed by atoms with Crippen LogP contribution >= 0.6 is 0 Å². The molecule has 0 amide bonds. The largest absolute Gasteiger partial charge is 0.481 e. The second-order valence-electron chi connectivity index (χ2n) is 4.91. The van der Waals surface area contributed by atoms with Crippen LogP contribution in [-0.4, -0.2) is 44.1 Å². The molecule has 1 rings (SSSR count). The van der Waals surface area contributed by atoms with E-state index in [-0.39, 0.29) is 12.8 Å². The van der Waals surface area contributed by atoms with Crippen molar-refractivity contribution in [2.45, 2.75) is 50.4 Å². The monoisotopic (exact) mass is 232 g/mol. The maximum absolute atomic E-state index is 11.1. The zero-order valence-corrected chi connectivity index (χ0v) is 9.48. The van der Waals surface area contributed by atoms with Crippen LogP contribution in [0.25, 0.3) is 0 Å². The van der Waals surface area contributed by atoms with E-state index in [1.165, 1.54) is 20.8 Å². The highest BCUT2D eigenvalue weighted by Gasteiger charge is 2.62. The predicted molar refractivity (Wildman–Crippen MR) is 53.0 cm³/mol. The molecule has 3 atom stereocenters. The summed E-state index contributed by atoms with van der Waals surface area (Å²) < 4.78 is 5.29. The van der Waals surface area contributed by atoms with Crippen molar-refractivity contribution in [3.05, 3.63) is 0 Å². The van der Waals surface area contributed by atoms with Crippen molar-refractivity contribution in [2.75, 3.05) is 0 Å². The number of carboxylic acid groups (broad SMARTS) is 2. The molecule has 0 unspecified atom stereocenters. The molecule has 3 N–H and O–H groups in total. The van der Waals surface area contributed by atoms with E-state index in [0.29, 0.717) is 0 Å². The van der Waals surface area contributed by atoms with Gasteiger partial charge in [0.15, 0.2) is 5.60 Å². The Balaban J connectivity index is 3.03. The van der Waals surface area contributed by atoms with E-state index in [4.69, 9.17) is 14.9 Å². The minimum absolute atomic E-state index is 0.0326. The van der Waals surface area contributed by atoms with Gasteiger partial charge in [-0.2, -0.15) is 0 Å². The lowest BCUT2D eigenvalue weighted by atomic mass is 9.82. The van der Waals surface area contributed by atoms with Crippen molar-refractivity contribution < 1.29 is 29.6 Å². The quantitative estimate of drug-likeness (QED) is 0.643. The molecule has 92 valence electrons. The third-order valence-corrected chi connectivity index (χ3v) is 3.13. The van der Waals surface area contributed by atoms with E-state index < -0.39 is 28.7 Å². The molecule has 6 heteroatoms. The van der Waals surface area contributed by atoms with Gasteiger partial charge in [0.2, 0.25) is 0 Å². The first kappa shape index (κ1) is 12.9. The van der Waals surface area contributed by atoms with E-state index in [1.54, 1.807) is 0 Å². The first-order valence-electron chi connectivity index (χ1n) is 4.90. The Morgan fingerprint density at radius 2 is 1.75 bits per heavy atom. The summed E-state index contributed by atoms with van der Waals surface area (Å²) in [4.78, 5) is 21.7. The first-order valence-corrected chi connectivity index (χ1v) is 4.90. The molecule has 1 saturated heterocycles. The summed E-state index contributed by atoms with van der Waals surface area (Å²) >= 11 is 0. The number of carbonyl (C=O) groups is 2. The number of ether oxygens (including phenoxy) is 1. The molecule has 0 spiro atoms. The van der Waals surface area contributed by atoms with Crippen LogP contribution < -0.4 is 0 Å². The van der Waals surface area contributed by atoms with Crippen LogP contribution in [-0.2, 0) is 14.3 Å². The highest BCUT2D eigenvalue weighted by molar-refractivity contribution is 5.80. The first-order chi connectivity index (χ1) is 7.02. The Morgan fingerprint density at radius 3 is 2.06 bits per heavy atom. The molecule has 1 fully saturated rings. The number of hydrogen-bond acceptors (Lipinski definition) is 4. The topological polar surface area (TPSA) is 104 Å². The second-order valence-corrected chi connectivity index (χ2v) is 4.91. The number of aliphatic hydroxyl groups is 1. The Hall–Kier alpha value is -1.14. The molecule has 6 nitrogen and oxygen atoms in total. The highest BCUT2D eigenvalue weighted by atomic mass is 16.6. The number of carboxylic acids is 2. The number of rotatable bonds is 3. The molecule has 0 bridgehead atoms. The van der Waals surface area contributed by atoms with Crippen molar-refractivity contribution in [3.8, 4) is 0 Å². The van der Waals surface area contributed by atoms with Crippen LogP contribution in [0.2, 0.25) is 0 Å². The minimum atomic E-state index is -1.78. The maximum atomic E-state index is 11.1. The van der Waals surface area contributed by atoms with Gasteiger partial charge in [0.05, 0.1) is 12.0 Å². The molecule has 1 aliphatic rings. The van der Waals surface area contributed by atoms with Gasteiger partial charge in [0.25, 0.3) is 0 Å². The molecule has 0 radical (unpaired) electrons. The number of aliphatic carboxylic acids is 2. The van der Waals surface area contributed by atoms with Crippen molar-refractivity contribution >= 4 is 11.9 Å². The normalized spacial score (nSPS) is 43.2. The van der Waals surface area contributed by atoms with Gasteiger partial charge in [-0.05, 0) is 20.8 Å². The number of hydrogen-bond donors (Lipinski definition) is 3. The SMILES string of the molecule is C[C@]1(CC(=O)O)C[C@](C)(O)[C@@](C)(C(=O)O)O1. The third kappa shape index (κ3) is 1.90. The van der Waals surface area contributed by atoms with Crippen molar-refractivity contribution in [3.63, 3.8) is 0 Å². The summed E-state index contributed by atoms with van der Waals surface area (Å²) in [5.41, 5.74) is -4.54. The van der Waals surface area contributed by atoms with Crippen molar-refractivity contribution in [1.29, 1.82) is 0 Å². The van der Waals surface area contributed by atoms with Crippen LogP contribution in [0, 0.1) is 0 Å². The van der Waals surface area contributed by atoms with Gasteiger partial charge in [0.1, 0.15) is 5.60 Å². The lowest BCUT2D eigenvalue weighted by molar-refractivity contribution is -0.189. The van der Waals surface area contributed by atoms with Crippen LogP contribution in [0.15, 0.2) is 0 Å². The van der Waals surface area contributed by atoms with E-state index in [9.17, 15) is 14.7 Å². The fourth-order valence-corrected chi connectivity index (χ4v) is 2.23. The van der Waals surface area contributed by atoms with E-state index >= 15 is 0 Å². The molecular weight excluding hydrogens is 216 g/mol. The summed E-state index contributed by atoms with van der Waals surface area (Å²) in [6.45, 7) is 4.08. The summed E-state index contributed by atoms with van der Waals surface area (Å²) in [6, 6.07) is 0. The lowest BCUT2D eigenvalue weighted by Gasteiger charge is -2.31. The van der Waals surface area contributed by atoms with E-state index in [1.807, 2.05) is 0 Å². The van der Waals surface area contributed by atoms with Gasteiger partial charge in [-0.1, -0.05) is 0 Å². The zero-order chi connectivity index (χ0) is 12.8. The molecule has 0 aliphatic carbocycles. The molecule has 1 heterocycles. The molecular formula is C10H16O6. The van der Waals surface area contributed by atoms with Crippen LogP contribution in [0.3, 0.4) is 0 Å². The Labute approximate surface area is 92.8 Å². The van der Waals surface area contributed by atoms with Gasteiger partial charge >= 0.3 is 11.9 Å². The minimum Gasteiger partial charge on any atom is -0.481 e. The molecule has 1 aliphatic heterocycles. The molecule has 0 aromatic heterocycles. The van der Waals surface area contributed by atoms with Gasteiger partial charge in [-0.15, -0.1) is 0 Å². The predicted octanol–water partition coefficient (Wildman–Crippen LogP) is 0.234. The zero-order valence-electron chi connectivity index (χ0n) is 9.48. The Kier molecular flexibility index (Phi) is 2.77. The fraction of sp³-hybridized carbons (Fsp3) is 0.800. The van der Waals surface area contributed by atoms with Crippen LogP contribution in [0.4, 0.5) is 0 Å². The molecule has 0 aromatic rings. The summed E-state index contributed by atoms with van der Waals surface area (Å²) in [6.07, 6.45) is -0.374. The average Bonchev–Trinajstić information content (AvgIpc) is 2.15. The summed E-state index contributed by atoms with van der Waals surface area (Å²) in [5, 5.41) is 27.8.